The summed E-state index contributed by atoms with van der Waals surface area (Å²) >= 11 is 0. The lowest BCUT2D eigenvalue weighted by molar-refractivity contribution is 0.534. The Kier molecular flexibility index (Phi) is 2.67. The fourth-order valence-corrected chi connectivity index (χ4v) is 1.26. The first-order valence-electron chi connectivity index (χ1n) is 4.88. The molecule has 0 saturated carbocycles. The van der Waals surface area contributed by atoms with Gasteiger partial charge < -0.3 is 9.73 Å². The summed E-state index contributed by atoms with van der Waals surface area (Å²) in [5.41, 5.74) is 0.944. The molecule has 0 aliphatic heterocycles. The number of anilines is 1. The second-order valence-corrected chi connectivity index (χ2v) is 3.48. The lowest BCUT2D eigenvalue weighted by atomic mass is 10.2. The van der Waals surface area contributed by atoms with E-state index in [1.165, 1.54) is 0 Å². The normalized spacial score (nSPS) is 19.9. The van der Waals surface area contributed by atoms with Crippen LogP contribution in [0.4, 0.5) is 6.01 Å². The van der Waals surface area contributed by atoms with E-state index in [0.717, 1.165) is 5.70 Å². The number of nitrogens with zero attached hydrogens (tertiary/aromatic N) is 2. The maximum atomic E-state index is 5.22. The molecule has 1 aromatic rings. The van der Waals surface area contributed by atoms with Crippen LogP contribution in [0.25, 0.3) is 0 Å². The van der Waals surface area contributed by atoms with Crippen molar-refractivity contribution in [1.82, 2.24) is 10.2 Å². The van der Waals surface area contributed by atoms with E-state index in [9.17, 15) is 0 Å². The third-order valence-corrected chi connectivity index (χ3v) is 2.05. The molecule has 1 atom stereocenters. The number of allylic oxidation sites excluding steroid dienone is 5. The van der Waals surface area contributed by atoms with E-state index in [2.05, 4.69) is 34.6 Å². The second kappa shape index (κ2) is 4.13. The fraction of sp³-hybridized carbons (Fsp3) is 0.273. The van der Waals surface area contributed by atoms with Crippen LogP contribution in [0, 0.1) is 12.8 Å². The first-order valence-corrected chi connectivity index (χ1v) is 4.88. The number of aryl methyl sites for hydroxylation is 1. The van der Waals surface area contributed by atoms with Gasteiger partial charge in [-0.3, -0.25) is 0 Å². The predicted octanol–water partition coefficient (Wildman–Crippen LogP) is 2.44. The lowest BCUT2D eigenvalue weighted by Crippen LogP contribution is -1.96. The largest absolute Gasteiger partial charge is 0.408 e. The highest BCUT2D eigenvalue weighted by atomic mass is 16.4. The van der Waals surface area contributed by atoms with Crippen molar-refractivity contribution < 1.29 is 4.42 Å². The van der Waals surface area contributed by atoms with Crippen LogP contribution in [-0.4, -0.2) is 10.2 Å². The summed E-state index contributed by atoms with van der Waals surface area (Å²) in [6.07, 6.45) is 10.2. The van der Waals surface area contributed by atoms with Gasteiger partial charge in [-0.2, -0.15) is 0 Å². The quantitative estimate of drug-likeness (QED) is 0.802. The molecule has 78 valence electrons. The van der Waals surface area contributed by atoms with E-state index in [1.54, 1.807) is 6.92 Å². The highest BCUT2D eigenvalue weighted by Gasteiger charge is 2.03. The Bertz CT molecular complexity index is 429. The molecule has 1 aliphatic rings. The topological polar surface area (TPSA) is 51.0 Å². The van der Waals surface area contributed by atoms with Crippen LogP contribution in [0.5, 0.6) is 0 Å². The van der Waals surface area contributed by atoms with Crippen molar-refractivity contribution in [3.05, 3.63) is 42.0 Å². The molecule has 0 aromatic carbocycles. The number of hydrogen-bond acceptors (Lipinski definition) is 4. The van der Waals surface area contributed by atoms with Gasteiger partial charge in [0.15, 0.2) is 0 Å². The Morgan fingerprint density at radius 3 is 2.93 bits per heavy atom. The molecule has 0 radical (unpaired) electrons. The average molecular weight is 203 g/mol. The van der Waals surface area contributed by atoms with E-state index in [0.29, 0.717) is 17.8 Å². The second-order valence-electron chi connectivity index (χ2n) is 3.48. The minimum Gasteiger partial charge on any atom is -0.408 e. The number of rotatable bonds is 2. The zero-order valence-electron chi connectivity index (χ0n) is 8.77. The van der Waals surface area contributed by atoms with E-state index in [4.69, 9.17) is 4.42 Å². The van der Waals surface area contributed by atoms with Gasteiger partial charge in [-0.05, 0) is 18.1 Å². The number of hydrogen-bond donors (Lipinski definition) is 1. The van der Waals surface area contributed by atoms with Gasteiger partial charge in [-0.25, -0.2) is 0 Å². The molecule has 4 nitrogen and oxygen atoms in total. The highest BCUT2D eigenvalue weighted by molar-refractivity contribution is 5.40. The van der Waals surface area contributed by atoms with Gasteiger partial charge in [0.1, 0.15) is 0 Å². The Balaban J connectivity index is 2.10. The first-order chi connectivity index (χ1) is 7.24. The molecular formula is C11H13N3O. The molecular weight excluding hydrogens is 190 g/mol. The van der Waals surface area contributed by atoms with Gasteiger partial charge in [-0.1, -0.05) is 30.3 Å². The van der Waals surface area contributed by atoms with Crippen LogP contribution < -0.4 is 5.32 Å². The molecule has 1 N–H and O–H groups in total. The molecule has 1 aliphatic carbocycles. The van der Waals surface area contributed by atoms with Gasteiger partial charge in [0.2, 0.25) is 5.89 Å². The minimum atomic E-state index is 0.423. The zero-order valence-corrected chi connectivity index (χ0v) is 8.77. The molecule has 4 heteroatoms. The highest BCUT2D eigenvalue weighted by Crippen LogP contribution is 2.12. The van der Waals surface area contributed by atoms with Crippen molar-refractivity contribution in [3.63, 3.8) is 0 Å². The van der Waals surface area contributed by atoms with Crippen LogP contribution in [0.3, 0.4) is 0 Å². The molecule has 15 heavy (non-hydrogen) atoms. The summed E-state index contributed by atoms with van der Waals surface area (Å²) < 4.78 is 5.22. The molecule has 1 unspecified atom stereocenters. The van der Waals surface area contributed by atoms with E-state index < -0.39 is 0 Å². The molecule has 1 heterocycles. The van der Waals surface area contributed by atoms with Crippen LogP contribution in [0.15, 0.2) is 40.5 Å². The van der Waals surface area contributed by atoms with Crippen molar-refractivity contribution in [2.75, 3.05) is 5.32 Å². The van der Waals surface area contributed by atoms with Gasteiger partial charge in [0.25, 0.3) is 0 Å². The van der Waals surface area contributed by atoms with Crippen LogP contribution >= 0.6 is 0 Å². The average Bonchev–Trinajstić information content (AvgIpc) is 2.48. The van der Waals surface area contributed by atoms with Crippen LogP contribution in [-0.2, 0) is 0 Å². The molecule has 1 aromatic heterocycles. The van der Waals surface area contributed by atoms with Crippen molar-refractivity contribution in [2.24, 2.45) is 5.92 Å². The van der Waals surface area contributed by atoms with Crippen molar-refractivity contribution >= 4 is 6.01 Å². The summed E-state index contributed by atoms with van der Waals surface area (Å²) in [4.78, 5) is 0. The summed E-state index contributed by atoms with van der Waals surface area (Å²) in [6, 6.07) is 0.423. The monoisotopic (exact) mass is 203 g/mol. The minimum absolute atomic E-state index is 0.423. The van der Waals surface area contributed by atoms with Gasteiger partial charge in [0, 0.05) is 12.6 Å². The smallest absolute Gasteiger partial charge is 0.320 e. The Morgan fingerprint density at radius 2 is 2.20 bits per heavy atom. The third kappa shape index (κ3) is 2.56. The van der Waals surface area contributed by atoms with Crippen LogP contribution in [0.2, 0.25) is 0 Å². The Labute approximate surface area is 88.4 Å². The van der Waals surface area contributed by atoms with Gasteiger partial charge >= 0.3 is 6.01 Å². The Morgan fingerprint density at radius 1 is 1.33 bits per heavy atom. The molecule has 0 amide bonds. The van der Waals surface area contributed by atoms with E-state index >= 15 is 0 Å². The van der Waals surface area contributed by atoms with Gasteiger partial charge in [-0.15, -0.1) is 5.10 Å². The SMILES string of the molecule is Cc1nnc(NC2=CC=CC(C)C=C2)o1. The standard InChI is InChI=1S/C11H13N3O/c1-8-4-3-5-10(7-6-8)12-11-14-13-9(2)15-11/h3-8H,1-2H3,(H,12,14). The lowest BCUT2D eigenvalue weighted by Gasteiger charge is -1.99. The maximum Gasteiger partial charge on any atom is 0.320 e. The maximum absolute atomic E-state index is 5.22. The first kappa shape index (κ1) is 9.71. The third-order valence-electron chi connectivity index (χ3n) is 2.05. The summed E-state index contributed by atoms with van der Waals surface area (Å²) in [5.74, 6) is 1.00. The summed E-state index contributed by atoms with van der Waals surface area (Å²) in [6.45, 7) is 3.89. The number of aromatic nitrogens is 2. The zero-order chi connectivity index (χ0) is 10.7. The van der Waals surface area contributed by atoms with Crippen LogP contribution in [0.1, 0.15) is 12.8 Å². The number of nitrogens with one attached hydrogen (secondary N) is 1. The summed E-state index contributed by atoms with van der Waals surface area (Å²) in [5, 5.41) is 10.6. The van der Waals surface area contributed by atoms with Crippen molar-refractivity contribution in [1.29, 1.82) is 0 Å². The molecule has 0 saturated heterocycles. The van der Waals surface area contributed by atoms with Crippen molar-refractivity contribution in [2.45, 2.75) is 13.8 Å². The molecule has 0 spiro atoms. The summed E-state index contributed by atoms with van der Waals surface area (Å²) in [7, 11) is 0. The Hall–Kier alpha value is -1.84. The van der Waals surface area contributed by atoms with Crippen molar-refractivity contribution in [3.8, 4) is 0 Å². The molecule has 0 bridgehead atoms. The fourth-order valence-electron chi connectivity index (χ4n) is 1.26. The predicted molar refractivity (Wildman–Crippen MR) is 58.2 cm³/mol. The molecule has 2 rings (SSSR count). The van der Waals surface area contributed by atoms with Gasteiger partial charge in [0.05, 0.1) is 0 Å². The molecule has 0 fully saturated rings. The van der Waals surface area contributed by atoms with E-state index in [1.807, 2.05) is 18.2 Å². The van der Waals surface area contributed by atoms with E-state index in [-0.39, 0.29) is 0 Å².